The van der Waals surface area contributed by atoms with Crippen molar-refractivity contribution in [3.63, 3.8) is 0 Å². The summed E-state index contributed by atoms with van der Waals surface area (Å²) in [7, 11) is -3.74. The molecule has 158 valence electrons. The average Bonchev–Trinajstić information content (AvgIpc) is 3.25. The van der Waals surface area contributed by atoms with Gasteiger partial charge in [-0.25, -0.2) is 13.4 Å². The summed E-state index contributed by atoms with van der Waals surface area (Å²) in [5.74, 6) is 0.510. The number of thiazole rings is 1. The van der Waals surface area contributed by atoms with Gasteiger partial charge >= 0.3 is 0 Å². The van der Waals surface area contributed by atoms with Crippen LogP contribution in [0.2, 0.25) is 0 Å². The van der Waals surface area contributed by atoms with Crippen molar-refractivity contribution in [3.05, 3.63) is 71.2 Å². The Bertz CT molecular complexity index is 1140. The van der Waals surface area contributed by atoms with Crippen molar-refractivity contribution in [2.24, 2.45) is 0 Å². The Morgan fingerprint density at radius 3 is 2.77 bits per heavy atom. The molecular formula is C21H23N3O4S2. The number of nitrogens with zero attached hydrogens (tertiary/aromatic N) is 2. The van der Waals surface area contributed by atoms with E-state index in [1.807, 2.05) is 36.4 Å². The van der Waals surface area contributed by atoms with Crippen LogP contribution in [0, 0.1) is 0 Å². The Hall–Kier alpha value is -2.91. The second-order valence-corrected chi connectivity index (χ2v) is 9.53. The number of aromatic nitrogens is 1. The SMILES string of the molecule is CC(Oc1ccccc1)C(=O)N1CCc2ccc(S(=O)(=O)Nc3nccs3)cc2C1.[HH]. The summed E-state index contributed by atoms with van der Waals surface area (Å²) in [6, 6.07) is 14.2. The van der Waals surface area contributed by atoms with Crippen molar-refractivity contribution in [1.29, 1.82) is 0 Å². The smallest absolute Gasteiger partial charge is 0.263 e. The molecule has 1 aliphatic rings. The van der Waals surface area contributed by atoms with Gasteiger partial charge in [0.1, 0.15) is 5.75 Å². The molecule has 1 unspecified atom stereocenters. The molecule has 0 saturated carbocycles. The number of sulfonamides is 1. The maximum Gasteiger partial charge on any atom is 0.263 e. The Kier molecular flexibility index (Phi) is 5.74. The number of ether oxygens (including phenoxy) is 1. The fourth-order valence-corrected chi connectivity index (χ4v) is 5.19. The zero-order valence-corrected chi connectivity index (χ0v) is 17.9. The van der Waals surface area contributed by atoms with Gasteiger partial charge in [0.05, 0.1) is 4.90 Å². The molecule has 0 saturated heterocycles. The molecule has 0 fully saturated rings. The van der Waals surface area contributed by atoms with Gasteiger partial charge in [0.25, 0.3) is 15.9 Å². The number of benzene rings is 2. The first-order valence-electron chi connectivity index (χ1n) is 9.47. The van der Waals surface area contributed by atoms with E-state index in [-0.39, 0.29) is 12.2 Å². The lowest BCUT2D eigenvalue weighted by Gasteiger charge is -2.31. The molecule has 1 atom stereocenters. The number of carbonyl (C=O) groups is 1. The third kappa shape index (κ3) is 4.47. The van der Waals surface area contributed by atoms with Crippen LogP contribution < -0.4 is 9.46 Å². The molecule has 0 radical (unpaired) electrons. The molecule has 0 spiro atoms. The number of para-hydroxylation sites is 1. The fourth-order valence-electron chi connectivity index (χ4n) is 3.35. The summed E-state index contributed by atoms with van der Waals surface area (Å²) in [6.45, 7) is 2.64. The standard InChI is InChI=1S/C21H21N3O4S2.H2/c1-15(28-18-5-3-2-4-6-18)20(25)24-11-9-16-7-8-19(13-17(16)14-24)30(26,27)23-21-22-10-12-29-21;/h2-8,10,12-13,15H,9,11,14H2,1H3,(H,22,23);1H. The van der Waals surface area contributed by atoms with Gasteiger partial charge in [-0.05, 0) is 48.7 Å². The summed E-state index contributed by atoms with van der Waals surface area (Å²) in [4.78, 5) is 18.7. The molecule has 7 nitrogen and oxygen atoms in total. The van der Waals surface area contributed by atoms with E-state index < -0.39 is 16.1 Å². The first kappa shape index (κ1) is 20.4. The van der Waals surface area contributed by atoms with E-state index in [0.717, 1.165) is 11.1 Å². The van der Waals surface area contributed by atoms with E-state index >= 15 is 0 Å². The lowest BCUT2D eigenvalue weighted by atomic mass is 9.99. The maximum absolute atomic E-state index is 12.9. The number of nitrogens with one attached hydrogen (secondary N) is 1. The number of rotatable bonds is 6. The van der Waals surface area contributed by atoms with E-state index in [2.05, 4.69) is 9.71 Å². The van der Waals surface area contributed by atoms with E-state index in [0.29, 0.717) is 30.4 Å². The van der Waals surface area contributed by atoms with Crippen LogP contribution in [0.15, 0.2) is 65.0 Å². The first-order valence-corrected chi connectivity index (χ1v) is 11.8. The second kappa shape index (κ2) is 8.45. The van der Waals surface area contributed by atoms with Gasteiger partial charge in [0, 0.05) is 26.1 Å². The highest BCUT2D eigenvalue weighted by atomic mass is 32.2. The van der Waals surface area contributed by atoms with Crippen molar-refractivity contribution in [2.75, 3.05) is 11.3 Å². The zero-order chi connectivity index (χ0) is 21.1. The van der Waals surface area contributed by atoms with E-state index in [9.17, 15) is 13.2 Å². The van der Waals surface area contributed by atoms with Crippen LogP contribution in [0.5, 0.6) is 5.75 Å². The van der Waals surface area contributed by atoms with E-state index in [1.54, 1.807) is 29.3 Å². The maximum atomic E-state index is 12.9. The van der Waals surface area contributed by atoms with Crippen LogP contribution in [0.1, 0.15) is 19.5 Å². The van der Waals surface area contributed by atoms with E-state index in [1.165, 1.54) is 17.5 Å². The summed E-state index contributed by atoms with van der Waals surface area (Å²) in [5.41, 5.74) is 1.87. The van der Waals surface area contributed by atoms with E-state index in [4.69, 9.17) is 4.74 Å². The topological polar surface area (TPSA) is 88.6 Å². The van der Waals surface area contributed by atoms with Gasteiger partial charge in [-0.3, -0.25) is 9.52 Å². The van der Waals surface area contributed by atoms with Crippen LogP contribution >= 0.6 is 11.3 Å². The summed E-state index contributed by atoms with van der Waals surface area (Å²) < 4.78 is 33.6. The minimum absolute atomic E-state index is 0. The average molecular weight is 446 g/mol. The van der Waals surface area contributed by atoms with Crippen molar-refractivity contribution < 1.29 is 19.4 Å². The highest BCUT2D eigenvalue weighted by Crippen LogP contribution is 2.25. The molecule has 2 aromatic carbocycles. The largest absolute Gasteiger partial charge is 0.481 e. The molecule has 0 aliphatic carbocycles. The van der Waals surface area contributed by atoms with Gasteiger partial charge in [-0.15, -0.1) is 11.3 Å². The highest BCUT2D eigenvalue weighted by Gasteiger charge is 2.27. The highest BCUT2D eigenvalue weighted by molar-refractivity contribution is 7.93. The Labute approximate surface area is 180 Å². The molecule has 9 heteroatoms. The number of hydrogen-bond acceptors (Lipinski definition) is 6. The molecule has 1 aromatic heterocycles. The van der Waals surface area contributed by atoms with Crippen molar-refractivity contribution in [3.8, 4) is 5.75 Å². The third-order valence-electron chi connectivity index (χ3n) is 4.87. The number of hydrogen-bond donors (Lipinski definition) is 1. The number of anilines is 1. The summed E-state index contributed by atoms with van der Waals surface area (Å²) in [5, 5.41) is 2.02. The van der Waals surface area contributed by atoms with Crippen LogP contribution in [-0.4, -0.2) is 36.9 Å². The first-order chi connectivity index (χ1) is 14.4. The Balaban J connectivity index is 0.00000272. The summed E-state index contributed by atoms with van der Waals surface area (Å²) in [6.07, 6.45) is 1.57. The van der Waals surface area contributed by atoms with Gasteiger partial charge in [-0.2, -0.15) is 0 Å². The lowest BCUT2D eigenvalue weighted by molar-refractivity contribution is -0.138. The minimum Gasteiger partial charge on any atom is -0.481 e. The van der Waals surface area contributed by atoms with Crippen molar-refractivity contribution >= 4 is 32.4 Å². The molecule has 3 aromatic rings. The van der Waals surface area contributed by atoms with Crippen molar-refractivity contribution in [2.45, 2.75) is 30.9 Å². The summed E-state index contributed by atoms with van der Waals surface area (Å²) >= 11 is 1.21. The number of fused-ring (bicyclic) bond motifs is 1. The van der Waals surface area contributed by atoms with Gasteiger partial charge in [0.2, 0.25) is 0 Å². The predicted octanol–water partition coefficient (Wildman–Crippen LogP) is 3.54. The number of amides is 1. The van der Waals surface area contributed by atoms with Gasteiger partial charge in [0.15, 0.2) is 11.2 Å². The van der Waals surface area contributed by atoms with Crippen LogP contribution in [0.4, 0.5) is 5.13 Å². The Morgan fingerprint density at radius 2 is 2.03 bits per heavy atom. The van der Waals surface area contributed by atoms with Gasteiger partial charge < -0.3 is 9.64 Å². The zero-order valence-electron chi connectivity index (χ0n) is 16.3. The molecule has 1 aliphatic heterocycles. The quantitative estimate of drug-likeness (QED) is 0.627. The second-order valence-electron chi connectivity index (χ2n) is 6.96. The van der Waals surface area contributed by atoms with Crippen LogP contribution in [-0.2, 0) is 27.8 Å². The third-order valence-corrected chi connectivity index (χ3v) is 7.02. The Morgan fingerprint density at radius 1 is 1.23 bits per heavy atom. The molecule has 1 amide bonds. The van der Waals surface area contributed by atoms with Crippen LogP contribution in [0.3, 0.4) is 0 Å². The minimum atomic E-state index is -3.74. The molecule has 2 heterocycles. The monoisotopic (exact) mass is 445 g/mol. The molecular weight excluding hydrogens is 422 g/mol. The normalized spacial score (nSPS) is 14.6. The predicted molar refractivity (Wildman–Crippen MR) is 117 cm³/mol. The van der Waals surface area contributed by atoms with Gasteiger partial charge in [-0.1, -0.05) is 24.3 Å². The fraction of sp³-hybridized carbons (Fsp3) is 0.238. The lowest BCUT2D eigenvalue weighted by Crippen LogP contribution is -2.43. The molecule has 4 rings (SSSR count). The van der Waals surface area contributed by atoms with Crippen molar-refractivity contribution in [1.82, 2.24) is 9.88 Å². The van der Waals surface area contributed by atoms with Crippen LogP contribution in [0.25, 0.3) is 0 Å². The molecule has 30 heavy (non-hydrogen) atoms. The molecule has 1 N–H and O–H groups in total. The number of carbonyl (C=O) groups excluding carboxylic acids is 1. The molecule has 0 bridgehead atoms.